The number of carboxylic acid groups (broad SMARTS) is 1. The van der Waals surface area contributed by atoms with Crippen LogP contribution in [0.1, 0.15) is 46.5 Å². The van der Waals surface area contributed by atoms with Gasteiger partial charge in [-0.3, -0.25) is 0 Å². The summed E-state index contributed by atoms with van der Waals surface area (Å²) in [6, 6.07) is -1.21. The van der Waals surface area contributed by atoms with Crippen LogP contribution in [0.15, 0.2) is 0 Å². The Morgan fingerprint density at radius 1 is 1.47 bits per heavy atom. The maximum atomic E-state index is 11.8. The zero-order valence-corrected chi connectivity index (χ0v) is 11.9. The minimum Gasteiger partial charge on any atom is -0.480 e. The molecule has 1 rings (SSSR count). The number of carbonyl (C=O) groups excluding carboxylic acids is 1. The van der Waals surface area contributed by atoms with Gasteiger partial charge in [-0.05, 0) is 33.1 Å². The molecule has 6 nitrogen and oxygen atoms in total. The van der Waals surface area contributed by atoms with Gasteiger partial charge in [-0.2, -0.15) is 0 Å². The normalized spacial score (nSPS) is 23.4. The standard InChI is InChI=1S/C13H24N2O4/c1-4-5-10(11(16)17)15-12(18)14-9-6-7-19-13(2,3)8-9/h9-10H,4-8H2,1-3H3,(H,16,17)(H2,14,15,18). The SMILES string of the molecule is CCCC(NC(=O)NC1CCOC(C)(C)C1)C(=O)O. The second kappa shape index (κ2) is 6.75. The van der Waals surface area contributed by atoms with Gasteiger partial charge in [0.25, 0.3) is 0 Å². The number of urea groups is 1. The van der Waals surface area contributed by atoms with E-state index < -0.39 is 18.0 Å². The van der Waals surface area contributed by atoms with E-state index >= 15 is 0 Å². The van der Waals surface area contributed by atoms with Crippen molar-refractivity contribution in [3.05, 3.63) is 0 Å². The highest BCUT2D eigenvalue weighted by atomic mass is 16.5. The third-order valence-electron chi connectivity index (χ3n) is 3.21. The van der Waals surface area contributed by atoms with Gasteiger partial charge in [0, 0.05) is 12.6 Å². The van der Waals surface area contributed by atoms with Crippen LogP contribution in [0.2, 0.25) is 0 Å². The molecule has 2 unspecified atom stereocenters. The fraction of sp³-hybridized carbons (Fsp3) is 0.846. The monoisotopic (exact) mass is 272 g/mol. The Kier molecular flexibility index (Phi) is 5.60. The molecular formula is C13H24N2O4. The summed E-state index contributed by atoms with van der Waals surface area (Å²) in [6.07, 6.45) is 2.62. The van der Waals surface area contributed by atoms with Crippen molar-refractivity contribution in [3.8, 4) is 0 Å². The fourth-order valence-corrected chi connectivity index (χ4v) is 2.29. The molecule has 0 aliphatic carbocycles. The molecule has 2 amide bonds. The predicted molar refractivity (Wildman–Crippen MR) is 71.1 cm³/mol. The van der Waals surface area contributed by atoms with Crippen LogP contribution in [0.4, 0.5) is 4.79 Å². The third kappa shape index (κ3) is 5.46. The van der Waals surface area contributed by atoms with Crippen LogP contribution in [0.3, 0.4) is 0 Å². The summed E-state index contributed by atoms with van der Waals surface area (Å²) < 4.78 is 5.57. The highest BCUT2D eigenvalue weighted by Gasteiger charge is 2.30. The van der Waals surface area contributed by atoms with Crippen molar-refractivity contribution >= 4 is 12.0 Å². The number of carbonyl (C=O) groups is 2. The van der Waals surface area contributed by atoms with E-state index in [9.17, 15) is 9.59 Å². The predicted octanol–water partition coefficient (Wildman–Crippen LogP) is 1.50. The van der Waals surface area contributed by atoms with Crippen molar-refractivity contribution in [1.29, 1.82) is 0 Å². The van der Waals surface area contributed by atoms with E-state index in [0.29, 0.717) is 19.4 Å². The number of hydrogen-bond acceptors (Lipinski definition) is 3. The van der Waals surface area contributed by atoms with Crippen molar-refractivity contribution in [3.63, 3.8) is 0 Å². The van der Waals surface area contributed by atoms with E-state index in [1.165, 1.54) is 0 Å². The van der Waals surface area contributed by atoms with Crippen LogP contribution >= 0.6 is 0 Å². The zero-order chi connectivity index (χ0) is 14.5. The number of aliphatic carboxylic acids is 1. The Balaban J connectivity index is 2.43. The molecule has 0 radical (unpaired) electrons. The van der Waals surface area contributed by atoms with Crippen LogP contribution < -0.4 is 10.6 Å². The molecule has 2 atom stereocenters. The molecule has 1 aliphatic heterocycles. The first-order valence-electron chi connectivity index (χ1n) is 6.78. The second-order valence-corrected chi connectivity index (χ2v) is 5.60. The third-order valence-corrected chi connectivity index (χ3v) is 3.21. The fourth-order valence-electron chi connectivity index (χ4n) is 2.29. The van der Waals surface area contributed by atoms with Gasteiger partial charge in [-0.15, -0.1) is 0 Å². The summed E-state index contributed by atoms with van der Waals surface area (Å²) in [5, 5.41) is 14.3. The Hall–Kier alpha value is -1.30. The molecule has 0 saturated carbocycles. The molecule has 0 bridgehead atoms. The molecule has 0 spiro atoms. The molecule has 1 heterocycles. The van der Waals surface area contributed by atoms with Gasteiger partial charge in [0.2, 0.25) is 0 Å². The average Bonchev–Trinajstić information content (AvgIpc) is 2.26. The Morgan fingerprint density at radius 2 is 2.16 bits per heavy atom. The van der Waals surface area contributed by atoms with Gasteiger partial charge in [-0.25, -0.2) is 9.59 Å². The molecule has 1 aliphatic rings. The largest absolute Gasteiger partial charge is 0.480 e. The lowest BCUT2D eigenvalue weighted by atomic mass is 9.94. The van der Waals surface area contributed by atoms with E-state index in [1.807, 2.05) is 20.8 Å². The molecule has 19 heavy (non-hydrogen) atoms. The lowest BCUT2D eigenvalue weighted by Crippen LogP contribution is -2.52. The zero-order valence-electron chi connectivity index (χ0n) is 11.9. The number of hydrogen-bond donors (Lipinski definition) is 3. The Labute approximate surface area is 113 Å². The summed E-state index contributed by atoms with van der Waals surface area (Å²) in [6.45, 7) is 6.46. The summed E-state index contributed by atoms with van der Waals surface area (Å²) in [7, 11) is 0. The number of nitrogens with one attached hydrogen (secondary N) is 2. The number of amides is 2. The maximum absolute atomic E-state index is 11.8. The molecule has 6 heteroatoms. The number of ether oxygens (including phenoxy) is 1. The highest BCUT2D eigenvalue weighted by Crippen LogP contribution is 2.23. The summed E-state index contributed by atoms with van der Waals surface area (Å²) in [4.78, 5) is 22.7. The van der Waals surface area contributed by atoms with Crippen molar-refractivity contribution in [2.24, 2.45) is 0 Å². The molecular weight excluding hydrogens is 248 g/mol. The van der Waals surface area contributed by atoms with Crippen molar-refractivity contribution < 1.29 is 19.4 Å². The van der Waals surface area contributed by atoms with Gasteiger partial charge in [0.15, 0.2) is 0 Å². The van der Waals surface area contributed by atoms with Crippen LogP contribution in [0.25, 0.3) is 0 Å². The average molecular weight is 272 g/mol. The Bertz CT molecular complexity index is 331. The number of rotatable bonds is 5. The molecule has 110 valence electrons. The van der Waals surface area contributed by atoms with Crippen LogP contribution in [-0.4, -0.2) is 41.4 Å². The van der Waals surface area contributed by atoms with E-state index in [1.54, 1.807) is 0 Å². The topological polar surface area (TPSA) is 87.7 Å². The van der Waals surface area contributed by atoms with E-state index in [4.69, 9.17) is 9.84 Å². The van der Waals surface area contributed by atoms with Crippen LogP contribution in [-0.2, 0) is 9.53 Å². The van der Waals surface area contributed by atoms with Crippen molar-refractivity contribution in [1.82, 2.24) is 10.6 Å². The number of carboxylic acids is 1. The first-order valence-corrected chi connectivity index (χ1v) is 6.78. The lowest BCUT2D eigenvalue weighted by Gasteiger charge is -2.35. The highest BCUT2D eigenvalue weighted by molar-refractivity contribution is 5.82. The van der Waals surface area contributed by atoms with E-state index in [-0.39, 0.29) is 11.6 Å². The molecule has 0 aromatic carbocycles. The quantitative estimate of drug-likeness (QED) is 0.707. The summed E-state index contributed by atoms with van der Waals surface area (Å²) >= 11 is 0. The summed E-state index contributed by atoms with van der Waals surface area (Å²) in [5.41, 5.74) is -0.244. The van der Waals surface area contributed by atoms with Crippen LogP contribution in [0.5, 0.6) is 0 Å². The van der Waals surface area contributed by atoms with Gasteiger partial charge >= 0.3 is 12.0 Å². The molecule has 1 fully saturated rings. The smallest absolute Gasteiger partial charge is 0.326 e. The Morgan fingerprint density at radius 3 is 2.68 bits per heavy atom. The van der Waals surface area contributed by atoms with Crippen LogP contribution in [0, 0.1) is 0 Å². The second-order valence-electron chi connectivity index (χ2n) is 5.60. The lowest BCUT2D eigenvalue weighted by molar-refractivity contribution is -0.139. The van der Waals surface area contributed by atoms with Gasteiger partial charge in [0.05, 0.1) is 5.60 Å². The van der Waals surface area contributed by atoms with Crippen molar-refractivity contribution in [2.75, 3.05) is 6.61 Å². The van der Waals surface area contributed by atoms with E-state index in [2.05, 4.69) is 10.6 Å². The molecule has 0 aromatic heterocycles. The molecule has 3 N–H and O–H groups in total. The summed E-state index contributed by atoms with van der Waals surface area (Å²) in [5.74, 6) is -0.996. The van der Waals surface area contributed by atoms with Gasteiger partial charge < -0.3 is 20.5 Å². The minimum absolute atomic E-state index is 0.0276. The minimum atomic E-state index is -0.996. The van der Waals surface area contributed by atoms with E-state index in [0.717, 1.165) is 12.8 Å². The van der Waals surface area contributed by atoms with Gasteiger partial charge in [0.1, 0.15) is 6.04 Å². The maximum Gasteiger partial charge on any atom is 0.326 e. The van der Waals surface area contributed by atoms with Gasteiger partial charge in [-0.1, -0.05) is 13.3 Å². The molecule has 0 aromatic rings. The first kappa shape index (κ1) is 15.8. The molecule has 1 saturated heterocycles. The first-order chi connectivity index (χ1) is 8.84. The van der Waals surface area contributed by atoms with Crippen molar-refractivity contribution in [2.45, 2.75) is 64.1 Å².